The van der Waals surface area contributed by atoms with Crippen molar-refractivity contribution in [2.45, 2.75) is 6.42 Å². The maximum Gasteiger partial charge on any atom is 0.241 e. The van der Waals surface area contributed by atoms with Crippen molar-refractivity contribution in [1.82, 2.24) is 0 Å². The Kier molecular flexibility index (Phi) is 15.6. The fourth-order valence-electron chi connectivity index (χ4n) is 1.49. The zero-order valence-corrected chi connectivity index (χ0v) is 25.3. The Hall–Kier alpha value is -0.660. The van der Waals surface area contributed by atoms with Gasteiger partial charge in [0.15, 0.2) is 24.8 Å². The second-order valence-electron chi connectivity index (χ2n) is 6.35. The molecule has 0 N–H and O–H groups in total. The number of hydrogen-bond donors (Lipinski definition) is 0. The van der Waals surface area contributed by atoms with Crippen molar-refractivity contribution in [2.24, 2.45) is 0 Å². The molecule has 0 aromatic rings. The highest BCUT2D eigenvalue weighted by Crippen LogP contribution is 2.11. The second kappa shape index (κ2) is 14.1. The molecule has 1 rings (SSSR count). The third kappa shape index (κ3) is 40.0. The van der Waals surface area contributed by atoms with Crippen molar-refractivity contribution in [3.05, 3.63) is 12.4 Å². The Morgan fingerprint density at radius 1 is 0.486 bits per heavy atom. The first-order chi connectivity index (χ1) is 15.5. The van der Waals surface area contributed by atoms with Crippen LogP contribution in [-0.4, -0.2) is 109 Å². The fourth-order valence-corrected chi connectivity index (χ4v) is 10.8. The predicted molar refractivity (Wildman–Crippen MR) is 127 cm³/mol. The van der Waals surface area contributed by atoms with Crippen molar-refractivity contribution in [3.63, 3.8) is 0 Å². The van der Waals surface area contributed by atoms with Gasteiger partial charge in [0.2, 0.25) is 20.8 Å². The van der Waals surface area contributed by atoms with Crippen LogP contribution in [0, 0.1) is 0 Å². The standard InChI is InChI=1S/C4H8O4S2.2C2H6NO4S2.F2NO4S2/c5-9(6)2-1-3-10(7,8)4-9;3*1-8(4,5)3-9(2,6)7/h1-4H2;2*1-2H3;/q;3*-1. The van der Waals surface area contributed by atoms with Crippen molar-refractivity contribution in [2.75, 3.05) is 41.6 Å². The van der Waals surface area contributed by atoms with Gasteiger partial charge in [-0.1, -0.05) is 0 Å². The van der Waals surface area contributed by atoms with Crippen LogP contribution in [0.25, 0.3) is 12.4 Å². The van der Waals surface area contributed by atoms with E-state index >= 15 is 0 Å². The molecule has 1 aliphatic heterocycles. The summed E-state index contributed by atoms with van der Waals surface area (Å²) in [7, 11) is -32.8. The van der Waals surface area contributed by atoms with Gasteiger partial charge in [0, 0.05) is 25.0 Å². The Morgan fingerprint density at radius 2 is 0.703 bits per heavy atom. The Labute approximate surface area is 215 Å². The van der Waals surface area contributed by atoms with E-state index in [0.29, 0.717) is 25.0 Å². The molecule has 0 aromatic heterocycles. The summed E-state index contributed by atoms with van der Waals surface area (Å²) < 4.78 is 189. The van der Waals surface area contributed by atoms with Crippen molar-refractivity contribution in [1.29, 1.82) is 0 Å². The van der Waals surface area contributed by atoms with Crippen LogP contribution in [0.3, 0.4) is 0 Å². The van der Waals surface area contributed by atoms with Crippen LogP contribution in [0.5, 0.6) is 0 Å². The normalized spacial score (nSPS) is 17.9. The van der Waals surface area contributed by atoms with Gasteiger partial charge < -0.3 is 12.4 Å². The molecule has 0 aliphatic carbocycles. The SMILES string of the molecule is CS(=O)(=O)[N-]S(C)(=O)=O.CS(=O)(=O)[N-]S(C)(=O)=O.O=S(=O)(F)[N-]S(=O)(=O)F.O=S1(=O)CCCS(=O)(=O)C1. The lowest BCUT2D eigenvalue weighted by Gasteiger charge is -2.11. The molecular formula is C8H20F2N3O16S8-3. The highest BCUT2D eigenvalue weighted by atomic mass is 32.3. The van der Waals surface area contributed by atoms with Gasteiger partial charge in [0.25, 0.3) is 0 Å². The highest BCUT2D eigenvalue weighted by Gasteiger charge is 2.27. The number of hydrogen-bond acceptors (Lipinski definition) is 16. The fraction of sp³-hybridized carbons (Fsp3) is 1.00. The monoisotopic (exact) mass is 708 g/mol. The first-order valence-corrected chi connectivity index (χ1v) is 21.6. The molecule has 0 aromatic carbocycles. The van der Waals surface area contributed by atoms with Crippen LogP contribution in [0.1, 0.15) is 6.42 Å². The largest absolute Gasteiger partial charge is 0.437 e. The molecule has 0 unspecified atom stereocenters. The van der Waals surface area contributed by atoms with Gasteiger partial charge in [-0.2, -0.15) is 0 Å². The summed E-state index contributed by atoms with van der Waals surface area (Å²) in [5.41, 5.74) is 0. The van der Waals surface area contributed by atoms with E-state index in [0.717, 1.165) is 4.13 Å². The first kappa shape index (κ1) is 40.8. The minimum Gasteiger partial charge on any atom is -0.437 e. The number of sulfonamides is 4. The number of nitrogens with zero attached hydrogens (tertiary/aromatic N) is 3. The van der Waals surface area contributed by atoms with Gasteiger partial charge in [0.1, 0.15) is 0 Å². The average molecular weight is 709 g/mol. The molecular weight excluding hydrogens is 689 g/mol. The quantitative estimate of drug-likeness (QED) is 0.258. The first-order valence-electron chi connectivity index (χ1n) is 7.86. The van der Waals surface area contributed by atoms with Crippen molar-refractivity contribution < 1.29 is 75.1 Å². The van der Waals surface area contributed by atoms with Crippen LogP contribution in [-0.2, 0) is 80.6 Å². The van der Waals surface area contributed by atoms with E-state index in [9.17, 15) is 75.1 Å². The minimum absolute atomic E-state index is 0.0201. The zero-order chi connectivity index (χ0) is 30.9. The van der Waals surface area contributed by atoms with E-state index in [2.05, 4.69) is 8.25 Å². The molecule has 0 saturated carbocycles. The average Bonchev–Trinajstić information content (AvgIpc) is 2.32. The predicted octanol–water partition coefficient (Wildman–Crippen LogP) is -2.48. The number of halogens is 2. The van der Waals surface area contributed by atoms with E-state index in [1.807, 2.05) is 0 Å². The highest BCUT2D eigenvalue weighted by molar-refractivity contribution is 8.12. The third-order valence-electron chi connectivity index (χ3n) is 1.99. The molecule has 0 atom stereocenters. The second-order valence-corrected chi connectivity index (χ2v) is 20.4. The smallest absolute Gasteiger partial charge is 0.241 e. The molecule has 1 fully saturated rings. The Bertz CT molecular complexity index is 1370. The van der Waals surface area contributed by atoms with Gasteiger partial charge >= 0.3 is 0 Å². The molecule has 228 valence electrons. The lowest BCUT2D eigenvalue weighted by Crippen LogP contribution is -2.28. The number of rotatable bonds is 6. The molecule has 19 nitrogen and oxygen atoms in total. The summed E-state index contributed by atoms with van der Waals surface area (Å²) in [6.07, 6.45) is 3.12. The van der Waals surface area contributed by atoms with E-state index in [-0.39, 0.29) is 17.9 Å². The summed E-state index contributed by atoms with van der Waals surface area (Å²) in [6, 6.07) is 0. The summed E-state index contributed by atoms with van der Waals surface area (Å²) >= 11 is 0. The van der Waals surface area contributed by atoms with Gasteiger partial charge in [-0.3, -0.25) is 0 Å². The van der Waals surface area contributed by atoms with E-state index in [1.165, 1.54) is 0 Å². The lowest BCUT2D eigenvalue weighted by molar-refractivity contribution is 0.550. The van der Waals surface area contributed by atoms with Crippen molar-refractivity contribution in [3.8, 4) is 0 Å². The van der Waals surface area contributed by atoms with Crippen LogP contribution in [0.4, 0.5) is 7.77 Å². The molecule has 29 heteroatoms. The van der Waals surface area contributed by atoms with Gasteiger partial charge in [-0.05, 0) is 6.42 Å². The molecule has 1 heterocycles. The van der Waals surface area contributed by atoms with E-state index < -0.39 is 85.7 Å². The third-order valence-corrected chi connectivity index (χ3v) is 12.4. The number of sulfone groups is 2. The molecule has 1 saturated heterocycles. The maximum atomic E-state index is 11.1. The molecule has 0 radical (unpaired) electrons. The summed E-state index contributed by atoms with van der Waals surface area (Å²) in [4.78, 5) is 0. The Morgan fingerprint density at radius 3 is 0.757 bits per heavy atom. The van der Waals surface area contributed by atoms with Gasteiger partial charge in [-0.15, -0.1) is 7.77 Å². The molecule has 37 heavy (non-hydrogen) atoms. The minimum atomic E-state index is -5.62. The molecule has 0 spiro atoms. The van der Waals surface area contributed by atoms with Crippen LogP contribution < -0.4 is 0 Å². The summed E-state index contributed by atoms with van der Waals surface area (Å²) in [5, 5.41) is -0.653. The topological polar surface area (TPSA) is 315 Å². The summed E-state index contributed by atoms with van der Waals surface area (Å²) in [5.74, 6) is 0.0401. The van der Waals surface area contributed by atoms with E-state index in [1.54, 1.807) is 0 Å². The zero-order valence-electron chi connectivity index (χ0n) is 18.7. The van der Waals surface area contributed by atoms with Crippen LogP contribution in [0.15, 0.2) is 0 Å². The van der Waals surface area contributed by atoms with Crippen molar-refractivity contribution >= 4 is 80.6 Å². The maximum absolute atomic E-state index is 11.1. The molecule has 0 amide bonds. The van der Waals surface area contributed by atoms with Gasteiger partial charge in [0.05, 0.1) is 51.6 Å². The Balaban J connectivity index is -0.000000417. The van der Waals surface area contributed by atoms with Crippen LogP contribution >= 0.6 is 0 Å². The molecule has 1 aliphatic rings. The van der Waals surface area contributed by atoms with Crippen LogP contribution in [0.2, 0.25) is 0 Å². The van der Waals surface area contributed by atoms with Gasteiger partial charge in [-0.25, -0.2) is 67.3 Å². The lowest BCUT2D eigenvalue weighted by atomic mass is 10.6. The van der Waals surface area contributed by atoms with E-state index in [4.69, 9.17) is 0 Å². The molecule has 0 bridgehead atoms. The summed E-state index contributed by atoms with van der Waals surface area (Å²) in [6.45, 7) is 0.